The molecule has 0 bridgehead atoms. The highest BCUT2D eigenvalue weighted by Crippen LogP contribution is 2.30. The molecule has 4 nitrogen and oxygen atoms in total. The van der Waals surface area contributed by atoms with Crippen LogP contribution in [0.4, 0.5) is 5.13 Å². The van der Waals surface area contributed by atoms with Crippen molar-refractivity contribution in [2.75, 3.05) is 25.6 Å². The number of hydrogen-bond donors (Lipinski definition) is 1. The van der Waals surface area contributed by atoms with Crippen molar-refractivity contribution in [1.82, 2.24) is 9.97 Å². The Morgan fingerprint density at radius 2 is 2.14 bits per heavy atom. The van der Waals surface area contributed by atoms with Crippen LogP contribution in [0.15, 0.2) is 36.5 Å². The van der Waals surface area contributed by atoms with Crippen molar-refractivity contribution in [2.24, 2.45) is 0 Å². The van der Waals surface area contributed by atoms with Crippen LogP contribution in [0.5, 0.6) is 0 Å². The SMILES string of the molecule is COCCNc1ncc(-c2ccc3nc(C)ccc3c2)s1. The van der Waals surface area contributed by atoms with Crippen molar-refractivity contribution in [3.8, 4) is 10.4 Å². The lowest BCUT2D eigenvalue weighted by Gasteiger charge is -2.02. The zero-order chi connectivity index (χ0) is 14.7. The number of nitrogens with zero attached hydrogens (tertiary/aromatic N) is 2. The predicted molar refractivity (Wildman–Crippen MR) is 88.0 cm³/mol. The number of pyridine rings is 1. The summed E-state index contributed by atoms with van der Waals surface area (Å²) < 4.78 is 5.02. The summed E-state index contributed by atoms with van der Waals surface area (Å²) in [6, 6.07) is 10.5. The lowest BCUT2D eigenvalue weighted by atomic mass is 10.1. The fourth-order valence-corrected chi connectivity index (χ4v) is 2.97. The highest BCUT2D eigenvalue weighted by atomic mass is 32.1. The van der Waals surface area contributed by atoms with Crippen molar-refractivity contribution < 1.29 is 4.74 Å². The van der Waals surface area contributed by atoms with E-state index >= 15 is 0 Å². The number of rotatable bonds is 5. The van der Waals surface area contributed by atoms with Crippen molar-refractivity contribution in [1.29, 1.82) is 0 Å². The molecular formula is C16H17N3OS. The van der Waals surface area contributed by atoms with E-state index in [1.165, 1.54) is 5.56 Å². The Morgan fingerprint density at radius 3 is 3.00 bits per heavy atom. The van der Waals surface area contributed by atoms with Gasteiger partial charge in [0.1, 0.15) is 0 Å². The molecule has 1 N–H and O–H groups in total. The molecule has 1 aromatic carbocycles. The third-order valence-electron chi connectivity index (χ3n) is 3.20. The molecule has 3 rings (SSSR count). The Balaban J connectivity index is 1.84. The highest BCUT2D eigenvalue weighted by Gasteiger charge is 2.05. The van der Waals surface area contributed by atoms with E-state index in [1.54, 1.807) is 18.4 Å². The van der Waals surface area contributed by atoms with Crippen LogP contribution in [0.2, 0.25) is 0 Å². The molecule has 0 aliphatic rings. The van der Waals surface area contributed by atoms with Gasteiger partial charge in [0.15, 0.2) is 5.13 Å². The Morgan fingerprint density at radius 1 is 1.24 bits per heavy atom. The Kier molecular flexibility index (Phi) is 4.13. The van der Waals surface area contributed by atoms with Crippen LogP contribution in [0.25, 0.3) is 21.3 Å². The fraction of sp³-hybridized carbons (Fsp3) is 0.250. The van der Waals surface area contributed by atoms with Gasteiger partial charge in [-0.15, -0.1) is 0 Å². The van der Waals surface area contributed by atoms with Crippen LogP contribution in [-0.4, -0.2) is 30.2 Å². The number of hydrogen-bond acceptors (Lipinski definition) is 5. The van der Waals surface area contributed by atoms with Gasteiger partial charge in [0.05, 0.1) is 17.0 Å². The van der Waals surface area contributed by atoms with Gasteiger partial charge in [0.25, 0.3) is 0 Å². The molecule has 2 heterocycles. The van der Waals surface area contributed by atoms with Gasteiger partial charge in [-0.3, -0.25) is 4.98 Å². The van der Waals surface area contributed by atoms with Crippen LogP contribution in [0.3, 0.4) is 0 Å². The van der Waals surface area contributed by atoms with Gasteiger partial charge in [-0.05, 0) is 30.7 Å². The summed E-state index contributed by atoms with van der Waals surface area (Å²) in [6.45, 7) is 3.45. The second kappa shape index (κ2) is 6.20. The fourth-order valence-electron chi connectivity index (χ4n) is 2.13. The number of methoxy groups -OCH3 is 1. The van der Waals surface area contributed by atoms with Crippen LogP contribution >= 0.6 is 11.3 Å². The van der Waals surface area contributed by atoms with E-state index in [-0.39, 0.29) is 0 Å². The van der Waals surface area contributed by atoms with Gasteiger partial charge in [-0.2, -0.15) is 0 Å². The maximum atomic E-state index is 5.02. The van der Waals surface area contributed by atoms with Gasteiger partial charge in [0.2, 0.25) is 0 Å². The Hall–Kier alpha value is -1.98. The molecule has 21 heavy (non-hydrogen) atoms. The zero-order valence-electron chi connectivity index (χ0n) is 12.1. The summed E-state index contributed by atoms with van der Waals surface area (Å²) in [5.74, 6) is 0. The molecule has 3 aromatic rings. The molecule has 0 spiro atoms. The molecule has 0 amide bonds. The molecule has 0 saturated heterocycles. The monoisotopic (exact) mass is 299 g/mol. The summed E-state index contributed by atoms with van der Waals surface area (Å²) in [5, 5.41) is 5.32. The van der Waals surface area contributed by atoms with Crippen molar-refractivity contribution in [3.63, 3.8) is 0 Å². The number of ether oxygens (including phenoxy) is 1. The van der Waals surface area contributed by atoms with E-state index in [9.17, 15) is 0 Å². The summed E-state index contributed by atoms with van der Waals surface area (Å²) in [7, 11) is 1.69. The summed E-state index contributed by atoms with van der Waals surface area (Å²) in [4.78, 5) is 10.1. The number of aryl methyl sites for hydroxylation is 1. The number of anilines is 1. The number of aromatic nitrogens is 2. The highest BCUT2D eigenvalue weighted by molar-refractivity contribution is 7.18. The topological polar surface area (TPSA) is 47.0 Å². The molecule has 0 atom stereocenters. The lowest BCUT2D eigenvalue weighted by Crippen LogP contribution is -2.06. The molecular weight excluding hydrogens is 282 g/mol. The van der Waals surface area contributed by atoms with E-state index in [0.29, 0.717) is 6.61 Å². The smallest absolute Gasteiger partial charge is 0.183 e. The first-order valence-corrected chi connectivity index (χ1v) is 7.64. The molecule has 0 unspecified atom stereocenters. The quantitative estimate of drug-likeness (QED) is 0.729. The molecule has 108 valence electrons. The second-order valence-electron chi connectivity index (χ2n) is 4.81. The first-order valence-electron chi connectivity index (χ1n) is 6.83. The largest absolute Gasteiger partial charge is 0.383 e. The summed E-state index contributed by atoms with van der Waals surface area (Å²) in [6.07, 6.45) is 1.91. The minimum absolute atomic E-state index is 0.676. The first kappa shape index (κ1) is 14.0. The minimum atomic E-state index is 0.676. The Labute approximate surface area is 127 Å². The number of fused-ring (bicyclic) bond motifs is 1. The molecule has 2 aromatic heterocycles. The zero-order valence-corrected chi connectivity index (χ0v) is 12.9. The van der Waals surface area contributed by atoms with E-state index in [1.807, 2.05) is 19.2 Å². The van der Waals surface area contributed by atoms with Gasteiger partial charge in [-0.25, -0.2) is 4.98 Å². The normalized spacial score (nSPS) is 11.0. The van der Waals surface area contributed by atoms with Crippen LogP contribution in [0.1, 0.15) is 5.69 Å². The second-order valence-corrected chi connectivity index (χ2v) is 5.84. The molecule has 5 heteroatoms. The minimum Gasteiger partial charge on any atom is -0.383 e. The average molecular weight is 299 g/mol. The van der Waals surface area contributed by atoms with Crippen molar-refractivity contribution >= 4 is 27.4 Å². The summed E-state index contributed by atoms with van der Waals surface area (Å²) in [5.41, 5.74) is 3.24. The number of thiazole rings is 1. The van der Waals surface area contributed by atoms with E-state index < -0.39 is 0 Å². The molecule has 0 fully saturated rings. The maximum Gasteiger partial charge on any atom is 0.183 e. The van der Waals surface area contributed by atoms with Gasteiger partial charge in [-0.1, -0.05) is 23.5 Å². The lowest BCUT2D eigenvalue weighted by molar-refractivity contribution is 0.211. The molecule has 0 aliphatic carbocycles. The maximum absolute atomic E-state index is 5.02. The van der Waals surface area contributed by atoms with E-state index in [4.69, 9.17) is 4.74 Å². The van der Waals surface area contributed by atoms with E-state index in [2.05, 4.69) is 39.6 Å². The molecule has 0 saturated carbocycles. The van der Waals surface area contributed by atoms with Gasteiger partial charge >= 0.3 is 0 Å². The van der Waals surface area contributed by atoms with Crippen LogP contribution in [0, 0.1) is 6.92 Å². The molecule has 0 radical (unpaired) electrons. The van der Waals surface area contributed by atoms with Crippen LogP contribution < -0.4 is 5.32 Å². The molecule has 0 aliphatic heterocycles. The van der Waals surface area contributed by atoms with Crippen molar-refractivity contribution in [2.45, 2.75) is 6.92 Å². The van der Waals surface area contributed by atoms with Gasteiger partial charge in [0, 0.05) is 30.9 Å². The first-order chi connectivity index (χ1) is 10.3. The number of nitrogens with one attached hydrogen (secondary N) is 1. The predicted octanol–water partition coefficient (Wildman–Crippen LogP) is 3.73. The Bertz CT molecular complexity index is 754. The third kappa shape index (κ3) is 3.20. The van der Waals surface area contributed by atoms with Gasteiger partial charge < -0.3 is 10.1 Å². The summed E-state index contributed by atoms with van der Waals surface area (Å²) >= 11 is 1.65. The van der Waals surface area contributed by atoms with Crippen molar-refractivity contribution in [3.05, 3.63) is 42.2 Å². The average Bonchev–Trinajstić information content (AvgIpc) is 2.96. The van der Waals surface area contributed by atoms with E-state index in [0.717, 1.165) is 33.2 Å². The number of benzene rings is 1. The van der Waals surface area contributed by atoms with Crippen LogP contribution in [-0.2, 0) is 4.74 Å². The standard InChI is InChI=1S/C16H17N3OS/c1-11-3-4-12-9-13(5-6-14(12)19-11)15-10-18-16(21-15)17-7-8-20-2/h3-6,9-10H,7-8H2,1-2H3,(H,17,18). The third-order valence-corrected chi connectivity index (χ3v) is 4.21.